The number of rotatable bonds is 6. The van der Waals surface area contributed by atoms with Crippen LogP contribution in [0.1, 0.15) is 25.0 Å². The lowest BCUT2D eigenvalue weighted by Crippen LogP contribution is -2.18. The van der Waals surface area contributed by atoms with Gasteiger partial charge in [-0.05, 0) is 11.1 Å². The molecule has 0 N–H and O–H groups in total. The van der Waals surface area contributed by atoms with Crippen LogP contribution in [-0.4, -0.2) is 21.9 Å². The van der Waals surface area contributed by atoms with Gasteiger partial charge < -0.3 is 0 Å². The van der Waals surface area contributed by atoms with Gasteiger partial charge in [0.2, 0.25) is 12.1 Å². The summed E-state index contributed by atoms with van der Waals surface area (Å²) in [5.74, 6) is 0. The van der Waals surface area contributed by atoms with Gasteiger partial charge in [0, 0.05) is 36.5 Å². The highest BCUT2D eigenvalue weighted by molar-refractivity contribution is 5.23. The first-order valence-corrected chi connectivity index (χ1v) is 5.75. The van der Waals surface area contributed by atoms with Gasteiger partial charge in [0.1, 0.15) is 0 Å². The Balaban J connectivity index is 2.63. The van der Waals surface area contributed by atoms with Crippen LogP contribution in [0.25, 0.3) is 0 Å². The third-order valence-corrected chi connectivity index (χ3v) is 2.80. The molecule has 0 aliphatic rings. The van der Waals surface area contributed by atoms with Gasteiger partial charge in [-0.1, -0.05) is 24.3 Å². The largest absolute Gasteiger partial charge is 0.264 e. The van der Waals surface area contributed by atoms with Crippen molar-refractivity contribution in [3.8, 4) is 0 Å². The van der Waals surface area contributed by atoms with Crippen molar-refractivity contribution >= 4 is 0 Å². The molecule has 0 aliphatic heterocycles. The number of nitro groups is 2. The topological polar surface area (TPSA) is 86.3 Å². The minimum absolute atomic E-state index is 0.317. The zero-order valence-corrected chi connectivity index (χ0v) is 10.4. The number of nitrogens with zero attached hydrogens (tertiary/aromatic N) is 2. The summed E-state index contributed by atoms with van der Waals surface area (Å²) in [4.78, 5) is 20.4. The molecule has 6 nitrogen and oxygen atoms in total. The molecule has 0 radical (unpaired) electrons. The Kier molecular flexibility index (Phi) is 4.76. The van der Waals surface area contributed by atoms with Crippen LogP contribution < -0.4 is 0 Å². The molecule has 6 heteroatoms. The molecule has 0 aromatic heterocycles. The molecule has 2 atom stereocenters. The molecule has 0 aliphatic carbocycles. The van der Waals surface area contributed by atoms with E-state index in [1.807, 2.05) is 0 Å². The number of hydrogen-bond acceptors (Lipinski definition) is 4. The van der Waals surface area contributed by atoms with Gasteiger partial charge in [0.25, 0.3) is 0 Å². The summed E-state index contributed by atoms with van der Waals surface area (Å²) in [7, 11) is 0. The Morgan fingerprint density at radius 3 is 1.39 bits per heavy atom. The molecule has 18 heavy (non-hydrogen) atoms. The van der Waals surface area contributed by atoms with Gasteiger partial charge in [-0.25, -0.2) is 0 Å². The van der Waals surface area contributed by atoms with E-state index < -0.39 is 12.1 Å². The fourth-order valence-electron chi connectivity index (χ4n) is 1.64. The zero-order valence-electron chi connectivity index (χ0n) is 10.4. The van der Waals surface area contributed by atoms with Crippen LogP contribution in [0.5, 0.6) is 0 Å². The van der Waals surface area contributed by atoms with Crippen LogP contribution in [-0.2, 0) is 12.8 Å². The third kappa shape index (κ3) is 4.12. The van der Waals surface area contributed by atoms with Crippen LogP contribution in [0.15, 0.2) is 24.3 Å². The van der Waals surface area contributed by atoms with E-state index in [2.05, 4.69) is 0 Å². The highest BCUT2D eigenvalue weighted by Crippen LogP contribution is 2.10. The van der Waals surface area contributed by atoms with E-state index in [-0.39, 0.29) is 9.85 Å². The van der Waals surface area contributed by atoms with Crippen molar-refractivity contribution in [1.82, 2.24) is 0 Å². The minimum atomic E-state index is -0.617. The van der Waals surface area contributed by atoms with Crippen molar-refractivity contribution in [2.75, 3.05) is 0 Å². The second-order valence-corrected chi connectivity index (χ2v) is 4.49. The highest BCUT2D eigenvalue weighted by atomic mass is 16.6. The van der Waals surface area contributed by atoms with E-state index in [1.165, 1.54) is 0 Å². The van der Waals surface area contributed by atoms with Crippen molar-refractivity contribution < 1.29 is 9.85 Å². The molecule has 0 spiro atoms. The molecular weight excluding hydrogens is 236 g/mol. The van der Waals surface area contributed by atoms with Crippen LogP contribution in [0.4, 0.5) is 0 Å². The number of benzene rings is 1. The molecule has 1 aromatic carbocycles. The van der Waals surface area contributed by atoms with E-state index in [0.717, 1.165) is 11.1 Å². The minimum Gasteiger partial charge on any atom is -0.264 e. The zero-order chi connectivity index (χ0) is 13.7. The maximum Gasteiger partial charge on any atom is 0.214 e. The molecule has 0 saturated heterocycles. The average molecular weight is 252 g/mol. The van der Waals surface area contributed by atoms with Crippen LogP contribution >= 0.6 is 0 Å². The molecule has 1 aromatic rings. The van der Waals surface area contributed by atoms with Crippen molar-refractivity contribution in [3.05, 3.63) is 55.6 Å². The summed E-state index contributed by atoms with van der Waals surface area (Å²) in [6.45, 7) is 3.12. The van der Waals surface area contributed by atoms with Crippen LogP contribution in [0.3, 0.4) is 0 Å². The SMILES string of the molecule is CC(Cc1ccc(CC(C)[N+](=O)[O-])cc1)[N+](=O)[O-]. The molecule has 0 fully saturated rings. The van der Waals surface area contributed by atoms with Gasteiger partial charge >= 0.3 is 0 Å². The maximum absolute atomic E-state index is 10.5. The van der Waals surface area contributed by atoms with Gasteiger partial charge in [-0.15, -0.1) is 0 Å². The summed E-state index contributed by atoms with van der Waals surface area (Å²) >= 11 is 0. The average Bonchev–Trinajstić information content (AvgIpc) is 2.31. The number of hydrogen-bond donors (Lipinski definition) is 0. The van der Waals surface area contributed by atoms with E-state index >= 15 is 0 Å². The fourth-order valence-corrected chi connectivity index (χ4v) is 1.64. The molecule has 0 heterocycles. The Morgan fingerprint density at radius 2 is 1.17 bits per heavy atom. The molecular formula is C12H16N2O4. The summed E-state index contributed by atoms with van der Waals surface area (Å²) in [5, 5.41) is 21.0. The van der Waals surface area contributed by atoms with Gasteiger partial charge in [-0.3, -0.25) is 20.2 Å². The monoisotopic (exact) mass is 252 g/mol. The lowest BCUT2D eigenvalue weighted by atomic mass is 10.0. The first-order valence-electron chi connectivity index (χ1n) is 5.75. The lowest BCUT2D eigenvalue weighted by Gasteiger charge is -2.06. The Labute approximate surface area is 105 Å². The Bertz CT molecular complexity index is 389. The van der Waals surface area contributed by atoms with Gasteiger partial charge in [-0.2, -0.15) is 0 Å². The van der Waals surface area contributed by atoms with Crippen molar-refractivity contribution in [1.29, 1.82) is 0 Å². The molecule has 0 bridgehead atoms. The summed E-state index contributed by atoms with van der Waals surface area (Å²) in [5.41, 5.74) is 1.74. The van der Waals surface area contributed by atoms with Crippen LogP contribution in [0, 0.1) is 20.2 Å². The van der Waals surface area contributed by atoms with Gasteiger partial charge in [0.15, 0.2) is 0 Å². The quantitative estimate of drug-likeness (QED) is 0.573. The molecule has 2 unspecified atom stereocenters. The summed E-state index contributed by atoms with van der Waals surface area (Å²) in [6.07, 6.45) is 0.746. The van der Waals surface area contributed by atoms with Crippen LogP contribution in [0.2, 0.25) is 0 Å². The smallest absolute Gasteiger partial charge is 0.214 e. The van der Waals surface area contributed by atoms with Gasteiger partial charge in [0.05, 0.1) is 0 Å². The summed E-state index contributed by atoms with van der Waals surface area (Å²) in [6, 6.07) is 5.94. The van der Waals surface area contributed by atoms with Crippen molar-refractivity contribution in [2.45, 2.75) is 38.8 Å². The Hall–Kier alpha value is -1.98. The maximum atomic E-state index is 10.5. The fraction of sp³-hybridized carbons (Fsp3) is 0.500. The van der Waals surface area contributed by atoms with E-state index in [1.54, 1.807) is 38.1 Å². The predicted molar refractivity (Wildman–Crippen MR) is 66.8 cm³/mol. The standard InChI is InChI=1S/C12H16N2O4/c1-9(13(15)16)7-11-3-5-12(6-4-11)8-10(2)14(17)18/h3-6,9-10H,7-8H2,1-2H3. The second kappa shape index (κ2) is 6.09. The lowest BCUT2D eigenvalue weighted by molar-refractivity contribution is -0.517. The molecule has 0 saturated carbocycles. The third-order valence-electron chi connectivity index (χ3n) is 2.80. The molecule has 0 amide bonds. The van der Waals surface area contributed by atoms with Crippen molar-refractivity contribution in [2.24, 2.45) is 0 Å². The molecule has 1 rings (SSSR count). The summed E-state index contributed by atoms with van der Waals surface area (Å²) < 4.78 is 0. The predicted octanol–water partition coefficient (Wildman–Crippen LogP) is 2.10. The first-order chi connectivity index (χ1) is 8.40. The van der Waals surface area contributed by atoms with E-state index in [9.17, 15) is 20.2 Å². The second-order valence-electron chi connectivity index (χ2n) is 4.49. The molecule has 98 valence electrons. The van der Waals surface area contributed by atoms with E-state index in [0.29, 0.717) is 12.8 Å². The highest BCUT2D eigenvalue weighted by Gasteiger charge is 2.15. The van der Waals surface area contributed by atoms with Crippen molar-refractivity contribution in [3.63, 3.8) is 0 Å². The first kappa shape index (κ1) is 14.1. The normalized spacial score (nSPS) is 13.9. The Morgan fingerprint density at radius 1 is 0.889 bits per heavy atom. The van der Waals surface area contributed by atoms with E-state index in [4.69, 9.17) is 0 Å².